The summed E-state index contributed by atoms with van der Waals surface area (Å²) in [5.41, 5.74) is 0.742. The van der Waals surface area contributed by atoms with Crippen molar-refractivity contribution in [1.82, 2.24) is 19.9 Å². The van der Waals surface area contributed by atoms with E-state index < -0.39 is 0 Å². The van der Waals surface area contributed by atoms with Gasteiger partial charge in [-0.25, -0.2) is 9.97 Å². The molecule has 3 rings (SSSR count). The molecule has 0 amide bonds. The molecule has 0 aliphatic carbocycles. The van der Waals surface area contributed by atoms with Crippen LogP contribution in [0.3, 0.4) is 0 Å². The van der Waals surface area contributed by atoms with Gasteiger partial charge in [0.2, 0.25) is 5.95 Å². The molecule has 2 aromatic heterocycles. The van der Waals surface area contributed by atoms with Crippen LogP contribution in [-0.4, -0.2) is 60.3 Å². The number of nitrogens with zero attached hydrogens (tertiary/aromatic N) is 4. The van der Waals surface area contributed by atoms with Crippen molar-refractivity contribution in [3.63, 3.8) is 0 Å². The fourth-order valence-corrected chi connectivity index (χ4v) is 2.52. The van der Waals surface area contributed by atoms with Crippen LogP contribution in [0.5, 0.6) is 11.6 Å². The first kappa shape index (κ1) is 17.2. The van der Waals surface area contributed by atoms with E-state index in [9.17, 15) is 0 Å². The molecule has 0 radical (unpaired) electrons. The molecule has 1 aliphatic rings. The number of rotatable bonds is 9. The quantitative estimate of drug-likeness (QED) is 0.669. The molecule has 2 N–H and O–H groups in total. The fourth-order valence-electron chi connectivity index (χ4n) is 2.52. The molecule has 2 aromatic rings. The largest absolute Gasteiger partial charge is 0.488 e. The lowest BCUT2D eigenvalue weighted by atomic mass is 10.2. The summed E-state index contributed by atoms with van der Waals surface area (Å²) in [7, 11) is 3.40. The van der Waals surface area contributed by atoms with E-state index in [1.807, 2.05) is 13.1 Å². The second-order valence-corrected chi connectivity index (χ2v) is 5.77. The Morgan fingerprint density at radius 2 is 2.16 bits per heavy atom. The third-order valence-electron chi connectivity index (χ3n) is 4.00. The minimum Gasteiger partial charge on any atom is -0.488 e. The first-order chi connectivity index (χ1) is 12.3. The van der Waals surface area contributed by atoms with Crippen LogP contribution in [0.4, 0.5) is 17.5 Å². The molecule has 8 heteroatoms. The first-order valence-electron chi connectivity index (χ1n) is 8.45. The van der Waals surface area contributed by atoms with Gasteiger partial charge in [-0.05, 0) is 32.0 Å². The maximum absolute atomic E-state index is 5.86. The van der Waals surface area contributed by atoms with Crippen LogP contribution in [0.25, 0.3) is 0 Å². The van der Waals surface area contributed by atoms with E-state index in [4.69, 9.17) is 9.47 Å². The summed E-state index contributed by atoms with van der Waals surface area (Å²) in [4.78, 5) is 15.2. The van der Waals surface area contributed by atoms with Gasteiger partial charge in [-0.3, -0.25) is 0 Å². The molecule has 0 unspecified atom stereocenters. The van der Waals surface area contributed by atoms with Crippen molar-refractivity contribution in [3.05, 3.63) is 24.5 Å². The molecule has 1 aliphatic heterocycles. The number of nitrogens with one attached hydrogen (secondary N) is 2. The molecule has 1 fully saturated rings. The minimum absolute atomic E-state index is 0.472. The highest BCUT2D eigenvalue weighted by Gasteiger charge is 2.13. The topological polar surface area (TPSA) is 84.4 Å². The summed E-state index contributed by atoms with van der Waals surface area (Å²) < 4.78 is 11.1. The average Bonchev–Trinajstić information content (AvgIpc) is 2.60. The van der Waals surface area contributed by atoms with Gasteiger partial charge in [0.05, 0.1) is 25.6 Å². The van der Waals surface area contributed by atoms with E-state index in [1.165, 1.54) is 19.5 Å². The van der Waals surface area contributed by atoms with Gasteiger partial charge in [-0.15, -0.1) is 0 Å². The highest BCUT2D eigenvalue weighted by atomic mass is 16.5. The Bertz CT molecular complexity index is 693. The summed E-state index contributed by atoms with van der Waals surface area (Å²) in [6, 6.07) is 3.65. The molecule has 0 bridgehead atoms. The van der Waals surface area contributed by atoms with E-state index in [0.29, 0.717) is 24.2 Å². The minimum atomic E-state index is 0.472. The number of hydrogen-bond donors (Lipinski definition) is 2. The molecule has 8 nitrogen and oxygen atoms in total. The number of anilines is 3. The van der Waals surface area contributed by atoms with Gasteiger partial charge in [0.1, 0.15) is 5.82 Å². The van der Waals surface area contributed by atoms with E-state index in [2.05, 4.69) is 30.5 Å². The normalized spacial score (nSPS) is 13.8. The summed E-state index contributed by atoms with van der Waals surface area (Å²) in [6.45, 7) is 4.11. The Balaban J connectivity index is 1.61. The predicted molar refractivity (Wildman–Crippen MR) is 96.8 cm³/mol. The molecule has 0 atom stereocenters. The average molecular weight is 344 g/mol. The third-order valence-corrected chi connectivity index (χ3v) is 4.00. The maximum atomic E-state index is 5.86. The summed E-state index contributed by atoms with van der Waals surface area (Å²) in [5, 5.41) is 6.11. The van der Waals surface area contributed by atoms with Gasteiger partial charge in [-0.2, -0.15) is 4.98 Å². The lowest BCUT2D eigenvalue weighted by Gasteiger charge is -2.30. The summed E-state index contributed by atoms with van der Waals surface area (Å²) in [6.07, 6.45) is 5.64. The second-order valence-electron chi connectivity index (χ2n) is 5.77. The Morgan fingerprint density at radius 1 is 1.28 bits per heavy atom. The van der Waals surface area contributed by atoms with Gasteiger partial charge in [0.25, 0.3) is 5.88 Å². The Labute approximate surface area is 147 Å². The molecule has 0 spiro atoms. The second kappa shape index (κ2) is 8.48. The first-order valence-corrected chi connectivity index (χ1v) is 8.45. The van der Waals surface area contributed by atoms with Crippen molar-refractivity contribution in [2.45, 2.75) is 12.8 Å². The van der Waals surface area contributed by atoms with Gasteiger partial charge in [-0.1, -0.05) is 0 Å². The Morgan fingerprint density at radius 3 is 2.88 bits per heavy atom. The fraction of sp³-hybridized carbons (Fsp3) is 0.471. The maximum Gasteiger partial charge on any atom is 0.256 e. The van der Waals surface area contributed by atoms with Crippen molar-refractivity contribution in [2.75, 3.05) is 51.0 Å². The zero-order valence-electron chi connectivity index (χ0n) is 14.7. The predicted octanol–water partition coefficient (Wildman–Crippen LogP) is 2.14. The van der Waals surface area contributed by atoms with E-state index >= 15 is 0 Å². The van der Waals surface area contributed by atoms with Crippen LogP contribution in [0.15, 0.2) is 24.5 Å². The SMILES string of the molecule is CNc1ccnc(Nc2cnc(OC)c(OCCCN3CCC3)c2)n1. The van der Waals surface area contributed by atoms with Crippen LogP contribution >= 0.6 is 0 Å². The van der Waals surface area contributed by atoms with Crippen LogP contribution in [-0.2, 0) is 0 Å². The molecule has 3 heterocycles. The number of pyridine rings is 1. The lowest BCUT2D eigenvalue weighted by Crippen LogP contribution is -2.38. The molecule has 25 heavy (non-hydrogen) atoms. The van der Waals surface area contributed by atoms with Gasteiger partial charge >= 0.3 is 0 Å². The molecule has 0 aromatic carbocycles. The van der Waals surface area contributed by atoms with Crippen molar-refractivity contribution in [2.24, 2.45) is 0 Å². The van der Waals surface area contributed by atoms with E-state index in [1.54, 1.807) is 25.6 Å². The zero-order chi connectivity index (χ0) is 17.5. The summed E-state index contributed by atoms with van der Waals surface area (Å²) >= 11 is 0. The van der Waals surface area contributed by atoms with Crippen molar-refractivity contribution < 1.29 is 9.47 Å². The molecular formula is C17H24N6O2. The van der Waals surface area contributed by atoms with Gasteiger partial charge in [0.15, 0.2) is 5.75 Å². The Hall–Kier alpha value is -2.61. The number of hydrogen-bond acceptors (Lipinski definition) is 8. The number of ether oxygens (including phenoxy) is 2. The van der Waals surface area contributed by atoms with Crippen LogP contribution in [0, 0.1) is 0 Å². The standard InChI is InChI=1S/C17H24N6O2/c1-18-15-5-6-19-17(22-15)21-13-11-14(16(24-2)20-12-13)25-10-4-9-23-7-3-8-23/h5-6,11-12H,3-4,7-10H2,1-2H3,(H2,18,19,21,22). The van der Waals surface area contributed by atoms with Crippen LogP contribution in [0.2, 0.25) is 0 Å². The van der Waals surface area contributed by atoms with Crippen molar-refractivity contribution in [1.29, 1.82) is 0 Å². The lowest BCUT2D eigenvalue weighted by molar-refractivity contribution is 0.164. The summed E-state index contributed by atoms with van der Waals surface area (Å²) in [5.74, 6) is 2.31. The number of aromatic nitrogens is 3. The molecular weight excluding hydrogens is 320 g/mol. The zero-order valence-corrected chi connectivity index (χ0v) is 14.7. The van der Waals surface area contributed by atoms with E-state index in [-0.39, 0.29) is 0 Å². The number of methoxy groups -OCH3 is 1. The van der Waals surface area contributed by atoms with Gasteiger partial charge in [0, 0.05) is 25.9 Å². The molecule has 1 saturated heterocycles. The van der Waals surface area contributed by atoms with Crippen LogP contribution in [0.1, 0.15) is 12.8 Å². The van der Waals surface area contributed by atoms with Crippen molar-refractivity contribution >= 4 is 17.5 Å². The molecule has 0 saturated carbocycles. The van der Waals surface area contributed by atoms with E-state index in [0.717, 1.165) is 24.5 Å². The smallest absolute Gasteiger partial charge is 0.256 e. The Kier molecular flexibility index (Phi) is 5.84. The highest BCUT2D eigenvalue weighted by Crippen LogP contribution is 2.28. The highest BCUT2D eigenvalue weighted by molar-refractivity contribution is 5.57. The van der Waals surface area contributed by atoms with Crippen molar-refractivity contribution in [3.8, 4) is 11.6 Å². The molecule has 134 valence electrons. The third kappa shape index (κ3) is 4.69. The van der Waals surface area contributed by atoms with Crippen LogP contribution < -0.4 is 20.1 Å². The van der Waals surface area contributed by atoms with Gasteiger partial charge < -0.3 is 25.0 Å². The number of likely N-dealkylation sites (tertiary alicyclic amines) is 1. The monoisotopic (exact) mass is 344 g/mol.